The van der Waals surface area contributed by atoms with Gasteiger partial charge in [0, 0.05) is 49.2 Å². The molecule has 0 aliphatic rings. The van der Waals surface area contributed by atoms with Crippen LogP contribution < -0.4 is 0 Å². The van der Waals surface area contributed by atoms with Crippen LogP contribution in [-0.4, -0.2) is 24.9 Å². The second-order valence-corrected chi connectivity index (χ2v) is 25.5. The molecule has 0 saturated carbocycles. The van der Waals surface area contributed by atoms with Crippen molar-refractivity contribution in [2.24, 2.45) is 0 Å². The Hall–Kier alpha value is -8.02. The summed E-state index contributed by atoms with van der Waals surface area (Å²) in [4.78, 5) is 24.2. The smallest absolute Gasteiger partial charge is 0.165 e. The van der Waals surface area contributed by atoms with Crippen LogP contribution in [0.2, 0.25) is 0 Å². The van der Waals surface area contributed by atoms with Crippen molar-refractivity contribution in [3.63, 3.8) is 0 Å². The summed E-state index contributed by atoms with van der Waals surface area (Å²) in [7, 11) is 0. The average molecular weight is 1250 g/mol. The molecule has 6 heteroatoms. The van der Waals surface area contributed by atoms with Crippen LogP contribution in [0, 0.1) is 19.1 Å². The molecule has 0 saturated heterocycles. The Labute approximate surface area is 500 Å². The second-order valence-electron chi connectivity index (χ2n) is 25.5. The van der Waals surface area contributed by atoms with Gasteiger partial charge >= 0.3 is 0 Å². The van der Waals surface area contributed by atoms with E-state index < -0.39 is 0 Å². The summed E-state index contributed by atoms with van der Waals surface area (Å²) < 4.78 is 0. The van der Waals surface area contributed by atoms with Gasteiger partial charge in [-0.3, -0.25) is 0 Å². The standard InChI is InChI=1S/C41H38N.C35H35N4.Ir/c1-40(2,3)36-18-14-28(15-19-36)33-25-34(29-16-20-37(21-17-29)41(4,5)6)27-35(26-33)31-11-9-12-32(24-31)39-38-13-8-7-10-30(38)22-23-42-39;1-23-9-8-10-26(21-23)30-20-15-27(22-36-30)33-38-31(24-11-16-28(17-12-24)34(2,3)4)37-32(39-33)25-13-18-29(19-14-25)35(5,6)7;/h7-11,13-27H,1-6H3;8-9,11-22H,1-7H3;/q2*-1;. The van der Waals surface area contributed by atoms with Gasteiger partial charge in [0.1, 0.15) is 0 Å². The SMILES string of the molecule is CC(C)(C)c1ccc(-c2cc(-c3ccc(C(C)(C)C)cc3)cc(-c3cc[c-]c(-c4nccc5ccccc45)c3)c2)cc1.Cc1cc[c-]c(-c2ccc(-c3nc(-c4ccc(C(C)(C)C)cc4)nc(-c4ccc(C(C)(C)C)cc4)n3)cn2)c1.[Ir]. The van der Waals surface area contributed by atoms with Gasteiger partial charge in [-0.15, -0.1) is 70.8 Å². The fourth-order valence-corrected chi connectivity index (χ4v) is 9.99. The number of nitrogens with zero attached hydrogens (tertiary/aromatic N) is 5. The zero-order valence-electron chi connectivity index (χ0n) is 49.7. The third-order valence-corrected chi connectivity index (χ3v) is 15.1. The van der Waals surface area contributed by atoms with E-state index in [1.807, 2.05) is 42.7 Å². The minimum Gasteiger partial charge on any atom is -0.304 e. The molecule has 11 rings (SSSR count). The van der Waals surface area contributed by atoms with Crippen molar-refractivity contribution in [3.8, 4) is 90.1 Å². The second kappa shape index (κ2) is 23.8. The van der Waals surface area contributed by atoms with E-state index in [9.17, 15) is 0 Å². The molecule has 0 N–H and O–H groups in total. The molecule has 3 aromatic heterocycles. The van der Waals surface area contributed by atoms with E-state index in [2.05, 4.69) is 266 Å². The molecule has 0 atom stereocenters. The van der Waals surface area contributed by atoms with E-state index in [4.69, 9.17) is 24.9 Å². The summed E-state index contributed by atoms with van der Waals surface area (Å²) in [6.45, 7) is 28.9. The van der Waals surface area contributed by atoms with E-state index in [1.165, 1.54) is 61.0 Å². The fraction of sp³-hybridized carbons (Fsp3) is 0.224. The molecule has 0 aliphatic carbocycles. The van der Waals surface area contributed by atoms with Gasteiger partial charge in [-0.1, -0.05) is 223 Å². The van der Waals surface area contributed by atoms with Gasteiger partial charge in [0.05, 0.1) is 0 Å². The molecular formula is C76H73IrN5-2. The summed E-state index contributed by atoms with van der Waals surface area (Å²) >= 11 is 0. The van der Waals surface area contributed by atoms with Crippen LogP contribution in [0.3, 0.4) is 0 Å². The van der Waals surface area contributed by atoms with Crippen LogP contribution in [0.25, 0.3) is 101 Å². The molecule has 0 fully saturated rings. The van der Waals surface area contributed by atoms with Gasteiger partial charge < -0.3 is 9.97 Å². The molecule has 0 aliphatic heterocycles. The molecule has 0 bridgehead atoms. The van der Waals surface area contributed by atoms with Gasteiger partial charge in [-0.25, -0.2) is 15.0 Å². The number of aromatic nitrogens is 5. The van der Waals surface area contributed by atoms with Crippen LogP contribution in [0.5, 0.6) is 0 Å². The van der Waals surface area contributed by atoms with E-state index >= 15 is 0 Å². The fourth-order valence-electron chi connectivity index (χ4n) is 9.99. The molecule has 1 radical (unpaired) electrons. The normalized spacial score (nSPS) is 11.9. The molecule has 0 spiro atoms. The summed E-state index contributed by atoms with van der Waals surface area (Å²) in [6, 6.07) is 75.8. The Kier molecular flexibility index (Phi) is 17.0. The molecule has 8 aromatic carbocycles. The van der Waals surface area contributed by atoms with Gasteiger partial charge in [-0.05, 0) is 118 Å². The Morgan fingerprint density at radius 1 is 0.341 bits per heavy atom. The number of hydrogen-bond acceptors (Lipinski definition) is 5. The predicted octanol–water partition coefficient (Wildman–Crippen LogP) is 19.9. The van der Waals surface area contributed by atoms with Crippen molar-refractivity contribution in [1.82, 2.24) is 24.9 Å². The Balaban J connectivity index is 0.000000196. The number of fused-ring (bicyclic) bond motifs is 1. The maximum absolute atomic E-state index is 4.91. The van der Waals surface area contributed by atoms with Crippen LogP contribution in [0.4, 0.5) is 0 Å². The monoisotopic (exact) mass is 1250 g/mol. The first kappa shape index (κ1) is 58.6. The zero-order valence-corrected chi connectivity index (χ0v) is 52.1. The number of pyridine rings is 2. The topological polar surface area (TPSA) is 64.5 Å². The molecular weight excluding hydrogens is 1180 g/mol. The van der Waals surface area contributed by atoms with Crippen LogP contribution in [0.1, 0.15) is 111 Å². The van der Waals surface area contributed by atoms with E-state index in [0.29, 0.717) is 17.5 Å². The number of rotatable bonds is 8. The Morgan fingerprint density at radius 2 is 0.756 bits per heavy atom. The number of aryl methyl sites for hydroxylation is 1. The average Bonchev–Trinajstić information content (AvgIpc) is 3.61. The maximum atomic E-state index is 4.91. The largest absolute Gasteiger partial charge is 0.304 e. The van der Waals surface area contributed by atoms with Crippen molar-refractivity contribution < 1.29 is 20.1 Å². The Bertz CT molecular complexity index is 3830. The van der Waals surface area contributed by atoms with Crippen LogP contribution in [0.15, 0.2) is 207 Å². The number of hydrogen-bond donors (Lipinski definition) is 0. The molecule has 0 amide bonds. The van der Waals surface area contributed by atoms with Crippen LogP contribution >= 0.6 is 0 Å². The van der Waals surface area contributed by atoms with E-state index in [-0.39, 0.29) is 41.8 Å². The van der Waals surface area contributed by atoms with E-state index in [0.717, 1.165) is 50.2 Å². The summed E-state index contributed by atoms with van der Waals surface area (Å²) in [5.41, 5.74) is 20.5. The van der Waals surface area contributed by atoms with Crippen molar-refractivity contribution in [3.05, 3.63) is 246 Å². The third kappa shape index (κ3) is 13.7. The molecule has 11 aromatic rings. The quantitative estimate of drug-likeness (QED) is 0.142. The molecule has 82 heavy (non-hydrogen) atoms. The molecule has 5 nitrogen and oxygen atoms in total. The summed E-state index contributed by atoms with van der Waals surface area (Å²) in [6.07, 6.45) is 3.72. The van der Waals surface area contributed by atoms with Gasteiger partial charge in [0.25, 0.3) is 0 Å². The summed E-state index contributed by atoms with van der Waals surface area (Å²) in [5, 5.41) is 2.32. The third-order valence-electron chi connectivity index (χ3n) is 15.1. The predicted molar refractivity (Wildman–Crippen MR) is 340 cm³/mol. The zero-order chi connectivity index (χ0) is 57.3. The van der Waals surface area contributed by atoms with Gasteiger partial charge in [-0.2, -0.15) is 0 Å². The Morgan fingerprint density at radius 3 is 1.21 bits per heavy atom. The van der Waals surface area contributed by atoms with Crippen molar-refractivity contribution in [2.75, 3.05) is 0 Å². The first-order valence-corrected chi connectivity index (χ1v) is 28.2. The number of benzene rings is 8. The van der Waals surface area contributed by atoms with Crippen molar-refractivity contribution in [1.29, 1.82) is 0 Å². The van der Waals surface area contributed by atoms with E-state index in [1.54, 1.807) is 0 Å². The molecule has 0 unspecified atom stereocenters. The van der Waals surface area contributed by atoms with Crippen LogP contribution in [-0.2, 0) is 41.8 Å². The maximum Gasteiger partial charge on any atom is 0.165 e. The molecule has 3 heterocycles. The first-order valence-electron chi connectivity index (χ1n) is 28.2. The minimum atomic E-state index is 0. The van der Waals surface area contributed by atoms with Gasteiger partial charge in [0.2, 0.25) is 0 Å². The van der Waals surface area contributed by atoms with Crippen molar-refractivity contribution >= 4 is 10.8 Å². The first-order chi connectivity index (χ1) is 38.5. The summed E-state index contributed by atoms with van der Waals surface area (Å²) in [5.74, 6) is 1.89. The minimum absolute atomic E-state index is 0. The van der Waals surface area contributed by atoms with Crippen molar-refractivity contribution in [2.45, 2.75) is 112 Å². The molecule has 413 valence electrons. The van der Waals surface area contributed by atoms with Gasteiger partial charge in [0.15, 0.2) is 17.5 Å².